The van der Waals surface area contributed by atoms with Gasteiger partial charge < -0.3 is 10.1 Å². The molecule has 1 aromatic heterocycles. The Morgan fingerprint density at radius 1 is 1.41 bits per heavy atom. The van der Waals surface area contributed by atoms with Gasteiger partial charge in [-0.25, -0.2) is 0 Å². The maximum Gasteiger partial charge on any atom is 0.309 e. The van der Waals surface area contributed by atoms with E-state index >= 15 is 0 Å². The van der Waals surface area contributed by atoms with E-state index in [0.29, 0.717) is 5.75 Å². The average Bonchev–Trinajstić information content (AvgIpc) is 2.69. The lowest BCUT2D eigenvalue weighted by atomic mass is 9.97. The van der Waals surface area contributed by atoms with Crippen molar-refractivity contribution in [3.05, 3.63) is 30.5 Å². The van der Waals surface area contributed by atoms with Crippen LogP contribution in [0.25, 0.3) is 10.9 Å². The van der Waals surface area contributed by atoms with Crippen LogP contribution in [0.1, 0.15) is 13.8 Å². The zero-order chi connectivity index (χ0) is 12.5. The van der Waals surface area contributed by atoms with Gasteiger partial charge in [-0.3, -0.25) is 4.79 Å². The molecule has 0 spiro atoms. The Morgan fingerprint density at radius 2 is 2.12 bits per heavy atom. The number of thioether (sulfide) groups is 1. The number of nitrogens with one attached hydrogen (secondary N) is 1. The molecule has 90 valence electrons. The number of hydrogen-bond acceptors (Lipinski definition) is 2. The van der Waals surface area contributed by atoms with Crippen LogP contribution in [0.5, 0.6) is 0 Å². The van der Waals surface area contributed by atoms with Gasteiger partial charge in [-0.1, -0.05) is 18.2 Å². The maximum absolute atomic E-state index is 11.0. The van der Waals surface area contributed by atoms with Crippen LogP contribution < -0.4 is 0 Å². The lowest BCUT2D eigenvalue weighted by Crippen LogP contribution is -2.26. The standard InChI is InChI=1S/C13H15NO2S/c1-13(2,12(15)16)8-17-11-7-14-10-6-4-3-5-9(10)11/h3-7,14H,8H2,1-2H3,(H,15,16). The Labute approximate surface area is 104 Å². The number of para-hydroxylation sites is 1. The van der Waals surface area contributed by atoms with E-state index in [1.807, 2.05) is 30.5 Å². The van der Waals surface area contributed by atoms with Gasteiger partial charge in [-0.15, -0.1) is 11.8 Å². The van der Waals surface area contributed by atoms with Crippen molar-refractivity contribution >= 4 is 28.6 Å². The zero-order valence-electron chi connectivity index (χ0n) is 9.86. The molecule has 3 nitrogen and oxygen atoms in total. The predicted molar refractivity (Wildman–Crippen MR) is 70.4 cm³/mol. The average molecular weight is 249 g/mol. The number of carboxylic acid groups (broad SMARTS) is 1. The van der Waals surface area contributed by atoms with Crippen LogP contribution in [-0.4, -0.2) is 21.8 Å². The Kier molecular flexibility index (Phi) is 3.15. The Balaban J connectivity index is 2.17. The minimum atomic E-state index is -0.759. The van der Waals surface area contributed by atoms with Gasteiger partial charge in [0, 0.05) is 27.7 Å². The third-order valence-electron chi connectivity index (χ3n) is 2.72. The second-order valence-corrected chi connectivity index (χ2v) is 5.69. The van der Waals surface area contributed by atoms with E-state index in [2.05, 4.69) is 4.98 Å². The van der Waals surface area contributed by atoms with Crippen molar-refractivity contribution in [2.45, 2.75) is 18.7 Å². The Bertz CT molecular complexity index is 545. The first-order valence-corrected chi connectivity index (χ1v) is 6.41. The van der Waals surface area contributed by atoms with Gasteiger partial charge in [-0.05, 0) is 19.9 Å². The summed E-state index contributed by atoms with van der Waals surface area (Å²) in [6, 6.07) is 8.03. The molecule has 4 heteroatoms. The Morgan fingerprint density at radius 3 is 2.82 bits per heavy atom. The molecule has 1 heterocycles. The fraction of sp³-hybridized carbons (Fsp3) is 0.308. The van der Waals surface area contributed by atoms with E-state index < -0.39 is 11.4 Å². The van der Waals surface area contributed by atoms with Gasteiger partial charge in [0.15, 0.2) is 0 Å². The molecule has 0 atom stereocenters. The highest BCUT2D eigenvalue weighted by atomic mass is 32.2. The summed E-state index contributed by atoms with van der Waals surface area (Å²) in [6.45, 7) is 3.49. The van der Waals surface area contributed by atoms with Gasteiger partial charge >= 0.3 is 5.97 Å². The largest absolute Gasteiger partial charge is 0.481 e. The van der Waals surface area contributed by atoms with Crippen molar-refractivity contribution < 1.29 is 9.90 Å². The fourth-order valence-corrected chi connectivity index (χ4v) is 2.60. The number of aromatic amines is 1. The van der Waals surface area contributed by atoms with Crippen molar-refractivity contribution in [2.24, 2.45) is 5.41 Å². The molecule has 0 saturated carbocycles. The topological polar surface area (TPSA) is 53.1 Å². The van der Waals surface area contributed by atoms with E-state index in [1.165, 1.54) is 0 Å². The summed E-state index contributed by atoms with van der Waals surface area (Å²) in [5, 5.41) is 10.2. The van der Waals surface area contributed by atoms with Gasteiger partial charge in [0.25, 0.3) is 0 Å². The minimum absolute atomic E-state index is 0.560. The number of benzene rings is 1. The highest BCUT2D eigenvalue weighted by Gasteiger charge is 2.27. The van der Waals surface area contributed by atoms with Crippen molar-refractivity contribution in [2.75, 3.05) is 5.75 Å². The first-order chi connectivity index (χ1) is 8.00. The van der Waals surface area contributed by atoms with Crippen LogP contribution in [0.15, 0.2) is 35.4 Å². The number of rotatable bonds is 4. The van der Waals surface area contributed by atoms with Crippen LogP contribution in [0.4, 0.5) is 0 Å². The van der Waals surface area contributed by atoms with Crippen LogP contribution in [0, 0.1) is 5.41 Å². The molecule has 17 heavy (non-hydrogen) atoms. The SMILES string of the molecule is CC(C)(CSc1c[nH]c2ccccc12)C(=O)O. The van der Waals surface area contributed by atoms with E-state index in [9.17, 15) is 4.79 Å². The molecule has 0 unspecified atom stereocenters. The molecule has 0 aliphatic rings. The first kappa shape index (κ1) is 12.0. The van der Waals surface area contributed by atoms with E-state index in [1.54, 1.807) is 25.6 Å². The van der Waals surface area contributed by atoms with Crippen LogP contribution in [-0.2, 0) is 4.79 Å². The molecular weight excluding hydrogens is 234 g/mol. The molecule has 2 aromatic rings. The lowest BCUT2D eigenvalue weighted by Gasteiger charge is -2.17. The number of aromatic nitrogens is 1. The highest BCUT2D eigenvalue weighted by molar-refractivity contribution is 7.99. The lowest BCUT2D eigenvalue weighted by molar-refractivity contribution is -0.145. The molecule has 0 radical (unpaired) electrons. The number of carboxylic acids is 1. The molecular formula is C13H15NO2S. The van der Waals surface area contributed by atoms with E-state index in [4.69, 9.17) is 5.11 Å². The van der Waals surface area contributed by atoms with Gasteiger partial charge in [-0.2, -0.15) is 0 Å². The van der Waals surface area contributed by atoms with Gasteiger partial charge in [0.1, 0.15) is 0 Å². The van der Waals surface area contributed by atoms with E-state index in [0.717, 1.165) is 15.8 Å². The fourth-order valence-electron chi connectivity index (χ4n) is 1.48. The monoisotopic (exact) mass is 249 g/mol. The first-order valence-electron chi connectivity index (χ1n) is 5.43. The molecule has 2 rings (SSSR count). The van der Waals surface area contributed by atoms with Crippen LogP contribution in [0.3, 0.4) is 0 Å². The van der Waals surface area contributed by atoms with Crippen LogP contribution in [0.2, 0.25) is 0 Å². The van der Waals surface area contributed by atoms with Gasteiger partial charge in [0.05, 0.1) is 5.41 Å². The summed E-state index contributed by atoms with van der Waals surface area (Å²) in [5.41, 5.74) is 0.381. The molecule has 0 bridgehead atoms. The molecule has 2 N–H and O–H groups in total. The quantitative estimate of drug-likeness (QED) is 0.817. The third-order valence-corrected chi connectivity index (χ3v) is 4.23. The summed E-state index contributed by atoms with van der Waals surface area (Å²) in [7, 11) is 0. The smallest absolute Gasteiger partial charge is 0.309 e. The van der Waals surface area contributed by atoms with Crippen LogP contribution >= 0.6 is 11.8 Å². The van der Waals surface area contributed by atoms with Gasteiger partial charge in [0.2, 0.25) is 0 Å². The second-order valence-electron chi connectivity index (χ2n) is 4.68. The molecule has 0 amide bonds. The number of fused-ring (bicyclic) bond motifs is 1. The molecule has 0 aliphatic carbocycles. The summed E-state index contributed by atoms with van der Waals surface area (Å²) in [5.74, 6) is -0.200. The summed E-state index contributed by atoms with van der Waals surface area (Å²) < 4.78 is 0. The molecule has 0 saturated heterocycles. The maximum atomic E-state index is 11.0. The molecule has 0 fully saturated rings. The third kappa shape index (κ3) is 2.47. The van der Waals surface area contributed by atoms with Crippen molar-refractivity contribution in [1.29, 1.82) is 0 Å². The van der Waals surface area contributed by atoms with E-state index in [-0.39, 0.29) is 0 Å². The molecule has 1 aromatic carbocycles. The minimum Gasteiger partial charge on any atom is -0.481 e. The van der Waals surface area contributed by atoms with Crippen molar-refractivity contribution in [3.63, 3.8) is 0 Å². The number of carbonyl (C=O) groups is 1. The molecule has 0 aliphatic heterocycles. The Hall–Kier alpha value is -1.42. The number of H-pyrrole nitrogens is 1. The van der Waals surface area contributed by atoms with Crippen molar-refractivity contribution in [3.8, 4) is 0 Å². The normalized spacial score (nSPS) is 11.9. The number of hydrogen-bond donors (Lipinski definition) is 2. The predicted octanol–water partition coefficient (Wildman–Crippen LogP) is 3.37. The summed E-state index contributed by atoms with van der Waals surface area (Å²) >= 11 is 1.58. The second kappa shape index (κ2) is 4.45. The summed E-state index contributed by atoms with van der Waals surface area (Å²) in [4.78, 5) is 15.3. The number of aliphatic carboxylic acids is 1. The zero-order valence-corrected chi connectivity index (χ0v) is 10.7. The highest BCUT2D eigenvalue weighted by Crippen LogP contribution is 2.32. The van der Waals surface area contributed by atoms with Crippen molar-refractivity contribution in [1.82, 2.24) is 4.98 Å². The summed E-state index contributed by atoms with van der Waals surface area (Å²) in [6.07, 6.45) is 1.94.